The molecule has 0 bridgehead atoms. The van der Waals surface area contributed by atoms with Crippen molar-refractivity contribution in [2.45, 2.75) is 20.3 Å². The SMILES string of the molecule is COc1[nH]c(/C=C/c2ccncc2)cc(=O)c1CC=C(C)C. The van der Waals surface area contributed by atoms with Crippen molar-refractivity contribution in [3.8, 4) is 5.88 Å². The molecule has 4 heteroatoms. The van der Waals surface area contributed by atoms with Crippen LogP contribution in [0.4, 0.5) is 0 Å². The van der Waals surface area contributed by atoms with Gasteiger partial charge in [0.25, 0.3) is 0 Å². The fourth-order valence-corrected chi connectivity index (χ4v) is 2.01. The summed E-state index contributed by atoms with van der Waals surface area (Å²) >= 11 is 0. The van der Waals surface area contributed by atoms with Crippen LogP contribution in [0.3, 0.4) is 0 Å². The fourth-order valence-electron chi connectivity index (χ4n) is 2.01. The molecule has 4 nitrogen and oxygen atoms in total. The van der Waals surface area contributed by atoms with Crippen molar-refractivity contribution in [1.82, 2.24) is 9.97 Å². The van der Waals surface area contributed by atoms with E-state index < -0.39 is 0 Å². The minimum absolute atomic E-state index is 0.0255. The van der Waals surface area contributed by atoms with Gasteiger partial charge in [0.15, 0.2) is 11.3 Å². The first-order valence-corrected chi connectivity index (χ1v) is 7.12. The average Bonchev–Trinajstić information content (AvgIpc) is 2.52. The molecule has 0 aliphatic heterocycles. The van der Waals surface area contributed by atoms with E-state index >= 15 is 0 Å². The van der Waals surface area contributed by atoms with Crippen LogP contribution in [0.2, 0.25) is 0 Å². The molecule has 0 atom stereocenters. The highest BCUT2D eigenvalue weighted by Crippen LogP contribution is 2.15. The highest BCUT2D eigenvalue weighted by atomic mass is 16.5. The minimum Gasteiger partial charge on any atom is -0.482 e. The molecular formula is C18H20N2O2. The molecule has 0 saturated carbocycles. The van der Waals surface area contributed by atoms with Gasteiger partial charge in [-0.3, -0.25) is 9.78 Å². The van der Waals surface area contributed by atoms with E-state index in [1.807, 2.05) is 44.2 Å². The number of H-pyrrole nitrogens is 1. The topological polar surface area (TPSA) is 55.0 Å². The molecule has 1 N–H and O–H groups in total. The molecular weight excluding hydrogens is 276 g/mol. The molecule has 0 saturated heterocycles. The number of ether oxygens (including phenoxy) is 1. The van der Waals surface area contributed by atoms with Crippen molar-refractivity contribution in [1.29, 1.82) is 0 Å². The Bertz CT molecular complexity index is 739. The smallest absolute Gasteiger partial charge is 0.198 e. The van der Waals surface area contributed by atoms with Crippen LogP contribution in [0.5, 0.6) is 5.88 Å². The third kappa shape index (κ3) is 4.19. The maximum absolute atomic E-state index is 12.3. The predicted molar refractivity (Wildman–Crippen MR) is 89.9 cm³/mol. The number of methoxy groups -OCH3 is 1. The summed E-state index contributed by atoms with van der Waals surface area (Å²) in [6, 6.07) is 5.39. The Labute approximate surface area is 130 Å². The molecule has 2 aromatic rings. The van der Waals surface area contributed by atoms with E-state index in [4.69, 9.17) is 4.74 Å². The normalized spacial score (nSPS) is 10.7. The maximum atomic E-state index is 12.3. The number of aromatic amines is 1. The van der Waals surface area contributed by atoms with Gasteiger partial charge in [0.05, 0.1) is 12.7 Å². The molecule has 0 amide bonds. The number of rotatable bonds is 5. The Kier molecular flexibility index (Phi) is 5.31. The largest absolute Gasteiger partial charge is 0.482 e. The van der Waals surface area contributed by atoms with Gasteiger partial charge in [0.2, 0.25) is 0 Å². The molecule has 2 aromatic heterocycles. The lowest BCUT2D eigenvalue weighted by Crippen LogP contribution is -2.12. The first kappa shape index (κ1) is 15.8. The first-order chi connectivity index (χ1) is 10.6. The molecule has 22 heavy (non-hydrogen) atoms. The van der Waals surface area contributed by atoms with Crippen LogP contribution in [0.25, 0.3) is 12.2 Å². The molecule has 2 rings (SSSR count). The van der Waals surface area contributed by atoms with Gasteiger partial charge >= 0.3 is 0 Å². The Balaban J connectivity index is 2.32. The van der Waals surface area contributed by atoms with Gasteiger partial charge in [-0.15, -0.1) is 0 Å². The molecule has 0 fully saturated rings. The number of hydrogen-bond acceptors (Lipinski definition) is 3. The van der Waals surface area contributed by atoms with Gasteiger partial charge in [0, 0.05) is 24.2 Å². The van der Waals surface area contributed by atoms with Gasteiger partial charge in [-0.25, -0.2) is 0 Å². The van der Waals surface area contributed by atoms with Gasteiger partial charge in [-0.1, -0.05) is 17.7 Å². The lowest BCUT2D eigenvalue weighted by atomic mass is 10.1. The van der Waals surface area contributed by atoms with Crippen molar-refractivity contribution in [3.05, 3.63) is 69.3 Å². The van der Waals surface area contributed by atoms with Gasteiger partial charge in [0.1, 0.15) is 0 Å². The van der Waals surface area contributed by atoms with E-state index in [1.54, 1.807) is 25.6 Å². The molecule has 0 radical (unpaired) electrons. The number of nitrogens with one attached hydrogen (secondary N) is 1. The third-order valence-electron chi connectivity index (χ3n) is 3.20. The third-order valence-corrected chi connectivity index (χ3v) is 3.20. The lowest BCUT2D eigenvalue weighted by molar-refractivity contribution is 0.392. The summed E-state index contributed by atoms with van der Waals surface area (Å²) in [6.45, 7) is 4.01. The number of hydrogen-bond donors (Lipinski definition) is 1. The van der Waals surface area contributed by atoms with E-state index in [9.17, 15) is 4.79 Å². The van der Waals surface area contributed by atoms with Gasteiger partial charge in [-0.2, -0.15) is 0 Å². The monoisotopic (exact) mass is 296 g/mol. The van der Waals surface area contributed by atoms with Crippen molar-refractivity contribution >= 4 is 12.2 Å². The van der Waals surface area contributed by atoms with E-state index in [0.717, 1.165) is 5.56 Å². The molecule has 0 unspecified atom stereocenters. The Hall–Kier alpha value is -2.62. The first-order valence-electron chi connectivity index (χ1n) is 7.12. The van der Waals surface area contributed by atoms with Crippen molar-refractivity contribution in [3.63, 3.8) is 0 Å². The average molecular weight is 296 g/mol. The predicted octanol–water partition coefficient (Wildman–Crippen LogP) is 3.46. The number of aromatic nitrogens is 2. The standard InChI is InChI=1S/C18H20N2O2/c1-13(2)4-7-16-17(21)12-15(20-18(16)22-3)6-5-14-8-10-19-11-9-14/h4-6,8-12H,7H2,1-3H3,(H,20,21)/b6-5+. The summed E-state index contributed by atoms with van der Waals surface area (Å²) < 4.78 is 5.32. The van der Waals surface area contributed by atoms with Gasteiger partial charge < -0.3 is 9.72 Å². The van der Waals surface area contributed by atoms with Crippen LogP contribution in [-0.2, 0) is 6.42 Å². The van der Waals surface area contributed by atoms with Crippen molar-refractivity contribution < 1.29 is 4.74 Å². The van der Waals surface area contributed by atoms with Crippen molar-refractivity contribution in [2.75, 3.05) is 7.11 Å². The molecule has 0 aromatic carbocycles. The van der Waals surface area contributed by atoms with E-state index in [-0.39, 0.29) is 5.43 Å². The van der Waals surface area contributed by atoms with Crippen LogP contribution in [-0.4, -0.2) is 17.1 Å². The van der Waals surface area contributed by atoms with E-state index in [2.05, 4.69) is 9.97 Å². The second-order valence-electron chi connectivity index (χ2n) is 5.20. The summed E-state index contributed by atoms with van der Waals surface area (Å²) in [4.78, 5) is 19.4. The fraction of sp³-hybridized carbons (Fsp3) is 0.222. The van der Waals surface area contributed by atoms with Crippen LogP contribution in [0, 0.1) is 0 Å². The molecule has 0 aliphatic carbocycles. The van der Waals surface area contributed by atoms with Crippen LogP contribution >= 0.6 is 0 Å². The Morgan fingerprint density at radius 3 is 2.64 bits per heavy atom. The number of nitrogens with zero attached hydrogens (tertiary/aromatic N) is 1. The van der Waals surface area contributed by atoms with Crippen molar-refractivity contribution in [2.24, 2.45) is 0 Å². The second kappa shape index (κ2) is 7.41. The van der Waals surface area contributed by atoms with Gasteiger partial charge in [-0.05, 0) is 44.0 Å². The second-order valence-corrected chi connectivity index (χ2v) is 5.20. The summed E-state index contributed by atoms with van der Waals surface area (Å²) in [7, 11) is 1.56. The maximum Gasteiger partial charge on any atom is 0.198 e. The quantitative estimate of drug-likeness (QED) is 0.860. The van der Waals surface area contributed by atoms with Crippen LogP contribution < -0.4 is 10.2 Å². The molecule has 0 aliphatic rings. The van der Waals surface area contributed by atoms with E-state index in [1.165, 1.54) is 5.57 Å². The summed E-state index contributed by atoms with van der Waals surface area (Å²) in [6.07, 6.45) is 9.80. The highest BCUT2D eigenvalue weighted by molar-refractivity contribution is 5.68. The number of allylic oxidation sites excluding steroid dienone is 2. The molecule has 114 valence electrons. The molecule has 2 heterocycles. The molecule has 0 spiro atoms. The van der Waals surface area contributed by atoms with Crippen LogP contribution in [0.1, 0.15) is 30.7 Å². The Morgan fingerprint density at radius 1 is 1.27 bits per heavy atom. The zero-order chi connectivity index (χ0) is 15.9. The number of pyridine rings is 2. The van der Waals surface area contributed by atoms with Crippen LogP contribution in [0.15, 0.2) is 47.0 Å². The Morgan fingerprint density at radius 2 is 2.00 bits per heavy atom. The zero-order valence-corrected chi connectivity index (χ0v) is 13.1. The summed E-state index contributed by atoms with van der Waals surface area (Å²) in [5.41, 5.74) is 3.51. The minimum atomic E-state index is -0.0255. The zero-order valence-electron chi connectivity index (χ0n) is 13.1. The summed E-state index contributed by atoms with van der Waals surface area (Å²) in [5.74, 6) is 0.513. The summed E-state index contributed by atoms with van der Waals surface area (Å²) in [5, 5.41) is 0. The van der Waals surface area contributed by atoms with E-state index in [0.29, 0.717) is 23.6 Å². The highest BCUT2D eigenvalue weighted by Gasteiger charge is 2.08. The lowest BCUT2D eigenvalue weighted by Gasteiger charge is -2.07.